The molecule has 0 bridgehead atoms. The molecule has 3 rings (SSSR count). The van der Waals surface area contributed by atoms with Crippen LogP contribution in [0.25, 0.3) is 10.9 Å². The molecule has 33 heavy (non-hydrogen) atoms. The van der Waals surface area contributed by atoms with Crippen LogP contribution in [0.15, 0.2) is 30.5 Å². The Morgan fingerprint density at radius 3 is 2.52 bits per heavy atom. The monoisotopic (exact) mass is 475 g/mol. The number of ether oxygens (including phenoxy) is 1. The van der Waals surface area contributed by atoms with Gasteiger partial charge in [0.05, 0.1) is 5.56 Å². The van der Waals surface area contributed by atoms with Gasteiger partial charge in [-0.3, -0.25) is 15.1 Å². The molecule has 1 aromatic carbocycles. The zero-order valence-corrected chi connectivity index (χ0v) is 20.0. The first-order valence-corrected chi connectivity index (χ1v) is 11.1. The van der Waals surface area contributed by atoms with Gasteiger partial charge in [-0.2, -0.15) is 0 Å². The maximum Gasteiger partial charge on any atom is 0.329 e. The van der Waals surface area contributed by atoms with E-state index in [2.05, 4.69) is 25.8 Å². The van der Waals surface area contributed by atoms with E-state index in [1.54, 1.807) is 24.4 Å². The van der Waals surface area contributed by atoms with Crippen molar-refractivity contribution in [2.45, 2.75) is 52.7 Å². The molecule has 2 aromatic heterocycles. The third-order valence-corrected chi connectivity index (χ3v) is 5.10. The van der Waals surface area contributed by atoms with Crippen LogP contribution in [-0.2, 0) is 9.53 Å². The second-order valence-corrected chi connectivity index (χ2v) is 9.74. The van der Waals surface area contributed by atoms with Gasteiger partial charge < -0.3 is 20.6 Å². The molecule has 0 fully saturated rings. The summed E-state index contributed by atoms with van der Waals surface area (Å²) in [5, 5.41) is 25.4. The number of aromatic nitrogens is 3. The number of phenolic OH excluding ortho intramolecular Hbond substituents is 1. The third kappa shape index (κ3) is 6.83. The fourth-order valence-electron chi connectivity index (χ4n) is 3.02. The van der Waals surface area contributed by atoms with Crippen molar-refractivity contribution in [2.75, 3.05) is 10.6 Å². The number of pyridine rings is 1. The van der Waals surface area contributed by atoms with Gasteiger partial charge in [0.25, 0.3) is 5.91 Å². The van der Waals surface area contributed by atoms with Crippen molar-refractivity contribution < 1.29 is 24.9 Å². The summed E-state index contributed by atoms with van der Waals surface area (Å²) in [5.74, 6) is -0.869. The van der Waals surface area contributed by atoms with Gasteiger partial charge in [-0.05, 0) is 45.2 Å². The number of carbonyl (C=O) groups excluding carboxylic acids is 2. The van der Waals surface area contributed by atoms with Gasteiger partial charge in [-0.1, -0.05) is 37.3 Å². The maximum atomic E-state index is 12.7. The summed E-state index contributed by atoms with van der Waals surface area (Å²) in [6, 6.07) is 6.19. The number of hydrogen-bond acceptors (Lipinski definition) is 9. The number of fused-ring (bicyclic) bond motifs is 1. The molecule has 0 saturated carbocycles. The van der Waals surface area contributed by atoms with E-state index in [1.165, 1.54) is 6.07 Å². The van der Waals surface area contributed by atoms with Crippen molar-refractivity contribution in [3.63, 3.8) is 0 Å². The Labute approximate surface area is 195 Å². The first-order valence-electron chi connectivity index (χ1n) is 10.2. The minimum atomic E-state index is -0.606. The van der Waals surface area contributed by atoms with E-state index in [0.717, 1.165) is 16.7 Å². The van der Waals surface area contributed by atoms with E-state index in [4.69, 9.17) is 4.74 Å². The van der Waals surface area contributed by atoms with Crippen LogP contribution in [0, 0.1) is 5.92 Å². The normalized spacial score (nSPS) is 12.2. The van der Waals surface area contributed by atoms with Crippen LogP contribution in [-0.4, -0.2) is 49.3 Å². The molecule has 0 spiro atoms. The van der Waals surface area contributed by atoms with Gasteiger partial charge in [-0.15, -0.1) is 10.2 Å². The fourth-order valence-corrected chi connectivity index (χ4v) is 3.71. The molecule has 2 heterocycles. The van der Waals surface area contributed by atoms with E-state index < -0.39 is 17.6 Å². The van der Waals surface area contributed by atoms with Crippen LogP contribution in [0.5, 0.6) is 5.75 Å². The average Bonchev–Trinajstić information content (AvgIpc) is 3.13. The molecule has 178 valence electrons. The molecule has 0 aliphatic carbocycles. The van der Waals surface area contributed by atoms with Gasteiger partial charge in [0, 0.05) is 11.6 Å². The first kappa shape index (κ1) is 25.9. The highest BCUT2D eigenvalue weighted by atomic mass is 32.1. The van der Waals surface area contributed by atoms with Gasteiger partial charge >= 0.3 is 5.97 Å². The molecule has 0 aliphatic rings. The number of esters is 1. The predicted molar refractivity (Wildman–Crippen MR) is 128 cm³/mol. The zero-order chi connectivity index (χ0) is 23.5. The lowest BCUT2D eigenvalue weighted by Crippen LogP contribution is -2.37. The molecular formula is C22H29N5O5S. The molecule has 1 amide bonds. The summed E-state index contributed by atoms with van der Waals surface area (Å²) in [7, 11) is 0. The molecule has 0 radical (unpaired) electrons. The summed E-state index contributed by atoms with van der Waals surface area (Å²) in [5.41, 5.74) is -0.189. The number of anilines is 2. The fraction of sp³-hybridized carbons (Fsp3) is 0.409. The highest BCUT2D eigenvalue weighted by Gasteiger charge is 2.27. The Bertz CT molecular complexity index is 1130. The molecular weight excluding hydrogens is 446 g/mol. The van der Waals surface area contributed by atoms with E-state index >= 15 is 0 Å². The number of nitrogens with one attached hydrogen (secondary N) is 2. The van der Waals surface area contributed by atoms with Crippen molar-refractivity contribution in [1.82, 2.24) is 15.2 Å². The number of hydrogen-bond donors (Lipinski definition) is 3. The average molecular weight is 476 g/mol. The Balaban J connectivity index is 0.00000385. The summed E-state index contributed by atoms with van der Waals surface area (Å²) in [6.45, 7) is 9.46. The molecule has 1 atom stereocenters. The van der Waals surface area contributed by atoms with Crippen molar-refractivity contribution in [1.29, 1.82) is 0 Å². The molecule has 5 N–H and O–H groups in total. The molecule has 0 aliphatic heterocycles. The highest BCUT2D eigenvalue weighted by molar-refractivity contribution is 7.19. The number of carbonyl (C=O) groups is 2. The van der Waals surface area contributed by atoms with E-state index in [-0.39, 0.29) is 33.8 Å². The van der Waals surface area contributed by atoms with E-state index in [9.17, 15) is 14.7 Å². The number of benzene rings is 1. The number of rotatable bonds is 7. The smallest absolute Gasteiger partial charge is 0.329 e. The summed E-state index contributed by atoms with van der Waals surface area (Å²) in [4.78, 5) is 29.4. The Morgan fingerprint density at radius 2 is 1.85 bits per heavy atom. The van der Waals surface area contributed by atoms with Gasteiger partial charge in [-0.25, -0.2) is 4.79 Å². The minimum Gasteiger partial charge on any atom is -0.505 e. The molecule has 3 aromatic rings. The van der Waals surface area contributed by atoms with Gasteiger partial charge in [0.2, 0.25) is 10.3 Å². The van der Waals surface area contributed by atoms with Gasteiger partial charge in [0.15, 0.2) is 5.75 Å². The number of aromatic hydroxyl groups is 1. The number of amides is 1. The van der Waals surface area contributed by atoms with Crippen LogP contribution in [0.1, 0.15) is 51.4 Å². The SMILES string of the molecule is CC(C)CC(Nc1nnc(NC(=O)c2ccc3cccnc3c2O)s1)C(=O)OC(C)(C)C.O. The summed E-state index contributed by atoms with van der Waals surface area (Å²) < 4.78 is 5.50. The molecule has 1 unspecified atom stereocenters. The van der Waals surface area contributed by atoms with Gasteiger partial charge in [0.1, 0.15) is 17.2 Å². The number of phenols is 1. The van der Waals surface area contributed by atoms with Crippen LogP contribution in [0.4, 0.5) is 10.3 Å². The van der Waals surface area contributed by atoms with Crippen molar-refractivity contribution >= 4 is 44.4 Å². The summed E-state index contributed by atoms with van der Waals surface area (Å²) >= 11 is 1.09. The molecule has 10 nitrogen and oxygen atoms in total. The molecule has 11 heteroatoms. The van der Waals surface area contributed by atoms with Crippen molar-refractivity contribution in [2.24, 2.45) is 5.92 Å². The second-order valence-electron chi connectivity index (χ2n) is 8.76. The van der Waals surface area contributed by atoms with Crippen LogP contribution in [0.2, 0.25) is 0 Å². The lowest BCUT2D eigenvalue weighted by atomic mass is 10.0. The Hall–Kier alpha value is -3.31. The van der Waals surface area contributed by atoms with Crippen LogP contribution >= 0.6 is 11.3 Å². The minimum absolute atomic E-state index is 0. The first-order chi connectivity index (χ1) is 15.0. The van der Waals surface area contributed by atoms with Crippen LogP contribution in [0.3, 0.4) is 0 Å². The lowest BCUT2D eigenvalue weighted by Gasteiger charge is -2.25. The topological polar surface area (TPSA) is 158 Å². The number of nitrogens with zero attached hydrogens (tertiary/aromatic N) is 3. The second kappa shape index (κ2) is 10.5. The van der Waals surface area contributed by atoms with Crippen molar-refractivity contribution in [3.05, 3.63) is 36.0 Å². The highest BCUT2D eigenvalue weighted by Crippen LogP contribution is 2.29. The van der Waals surface area contributed by atoms with Crippen molar-refractivity contribution in [3.8, 4) is 5.75 Å². The standard InChI is InChI=1S/C22H27N5O4S.H2O/c1-12(2)11-15(19(30)31-22(3,4)5)24-20-26-27-21(32-20)25-18(29)14-9-8-13-7-6-10-23-16(13)17(14)28;/h6-10,12,15,28H,11H2,1-5H3,(H,24,26)(H,25,27,29);1H2. The van der Waals surface area contributed by atoms with Crippen LogP contribution < -0.4 is 10.6 Å². The largest absolute Gasteiger partial charge is 0.505 e. The Morgan fingerprint density at radius 1 is 1.15 bits per heavy atom. The quantitative estimate of drug-likeness (QED) is 0.439. The summed E-state index contributed by atoms with van der Waals surface area (Å²) in [6.07, 6.45) is 2.10. The predicted octanol–water partition coefficient (Wildman–Crippen LogP) is 3.39. The Kier molecular flexibility index (Phi) is 8.29. The van der Waals surface area contributed by atoms with E-state index in [0.29, 0.717) is 17.1 Å². The third-order valence-electron chi connectivity index (χ3n) is 4.33. The van der Waals surface area contributed by atoms with E-state index in [1.807, 2.05) is 34.6 Å². The molecule has 0 saturated heterocycles. The zero-order valence-electron chi connectivity index (χ0n) is 19.2. The lowest BCUT2D eigenvalue weighted by molar-refractivity contribution is -0.156. The maximum absolute atomic E-state index is 12.7.